The third-order valence-electron chi connectivity index (χ3n) is 7.89. The van der Waals surface area contributed by atoms with Crippen molar-refractivity contribution in [1.29, 1.82) is 0 Å². The molecule has 3 aromatic carbocycles. The molecular formula is C38H51N3O5. The summed E-state index contributed by atoms with van der Waals surface area (Å²) in [6.07, 6.45) is 1.06. The SMILES string of the molecule is COc1ccc(NC(=O)C(c2ccc(C)c(C)c2)N(C(=O)C(Cc2ccccc2)NC(=O)OC(C)(C)C)C(C)CCC(C)C)cc1. The molecule has 0 aliphatic heterocycles. The van der Waals surface area contributed by atoms with Crippen LogP contribution in [0.3, 0.4) is 0 Å². The number of ether oxygens (including phenoxy) is 2. The molecule has 8 heteroatoms. The van der Waals surface area contributed by atoms with Crippen LogP contribution < -0.4 is 15.4 Å². The Labute approximate surface area is 274 Å². The summed E-state index contributed by atoms with van der Waals surface area (Å²) >= 11 is 0. The highest BCUT2D eigenvalue weighted by atomic mass is 16.6. The van der Waals surface area contributed by atoms with E-state index < -0.39 is 23.8 Å². The minimum Gasteiger partial charge on any atom is -0.497 e. The Morgan fingerprint density at radius 3 is 2.07 bits per heavy atom. The van der Waals surface area contributed by atoms with Gasteiger partial charge in [0.15, 0.2) is 0 Å². The van der Waals surface area contributed by atoms with Gasteiger partial charge in [0.2, 0.25) is 5.91 Å². The quantitative estimate of drug-likeness (QED) is 0.201. The van der Waals surface area contributed by atoms with Crippen LogP contribution in [0.2, 0.25) is 0 Å². The first-order chi connectivity index (χ1) is 21.7. The van der Waals surface area contributed by atoms with E-state index in [1.54, 1.807) is 57.0 Å². The van der Waals surface area contributed by atoms with Gasteiger partial charge in [-0.2, -0.15) is 0 Å². The lowest BCUT2D eigenvalue weighted by Gasteiger charge is -2.39. The second-order valence-electron chi connectivity index (χ2n) is 13.4. The predicted molar refractivity (Wildman–Crippen MR) is 184 cm³/mol. The van der Waals surface area contributed by atoms with E-state index in [0.29, 0.717) is 29.3 Å². The largest absolute Gasteiger partial charge is 0.497 e. The number of rotatable bonds is 13. The predicted octanol–water partition coefficient (Wildman–Crippen LogP) is 7.78. The van der Waals surface area contributed by atoms with E-state index in [4.69, 9.17) is 9.47 Å². The highest BCUT2D eigenvalue weighted by molar-refractivity contribution is 5.99. The molecule has 248 valence electrons. The average Bonchev–Trinajstić information content (AvgIpc) is 2.99. The summed E-state index contributed by atoms with van der Waals surface area (Å²) in [4.78, 5) is 44.1. The monoisotopic (exact) mass is 629 g/mol. The van der Waals surface area contributed by atoms with Crippen LogP contribution in [0.1, 0.15) is 82.7 Å². The molecule has 0 saturated carbocycles. The van der Waals surface area contributed by atoms with Crippen LogP contribution in [0, 0.1) is 19.8 Å². The fourth-order valence-corrected chi connectivity index (χ4v) is 5.25. The van der Waals surface area contributed by atoms with Crippen LogP contribution in [0.25, 0.3) is 0 Å². The van der Waals surface area contributed by atoms with Gasteiger partial charge in [-0.1, -0.05) is 62.4 Å². The van der Waals surface area contributed by atoms with Gasteiger partial charge in [0.1, 0.15) is 23.4 Å². The zero-order valence-electron chi connectivity index (χ0n) is 28.8. The van der Waals surface area contributed by atoms with Crippen molar-refractivity contribution in [3.63, 3.8) is 0 Å². The zero-order valence-corrected chi connectivity index (χ0v) is 28.8. The molecule has 3 unspecified atom stereocenters. The van der Waals surface area contributed by atoms with Gasteiger partial charge in [-0.3, -0.25) is 9.59 Å². The Morgan fingerprint density at radius 2 is 1.50 bits per heavy atom. The van der Waals surface area contributed by atoms with Gasteiger partial charge in [-0.25, -0.2) is 4.79 Å². The van der Waals surface area contributed by atoms with Crippen LogP contribution in [-0.2, 0) is 20.7 Å². The normalized spacial score (nSPS) is 13.3. The lowest BCUT2D eigenvalue weighted by Crippen LogP contribution is -2.55. The average molecular weight is 630 g/mol. The lowest BCUT2D eigenvalue weighted by molar-refractivity contribution is -0.143. The van der Waals surface area contributed by atoms with E-state index in [0.717, 1.165) is 23.1 Å². The van der Waals surface area contributed by atoms with Crippen molar-refractivity contribution in [2.75, 3.05) is 12.4 Å². The minimum atomic E-state index is -0.985. The molecule has 3 aromatic rings. The van der Waals surface area contributed by atoms with Crippen LogP contribution in [0.5, 0.6) is 5.75 Å². The van der Waals surface area contributed by atoms with Gasteiger partial charge in [0, 0.05) is 18.2 Å². The van der Waals surface area contributed by atoms with E-state index >= 15 is 0 Å². The van der Waals surface area contributed by atoms with Crippen LogP contribution >= 0.6 is 0 Å². The summed E-state index contributed by atoms with van der Waals surface area (Å²) in [7, 11) is 1.59. The van der Waals surface area contributed by atoms with E-state index in [1.165, 1.54) is 0 Å². The Morgan fingerprint density at radius 1 is 0.848 bits per heavy atom. The van der Waals surface area contributed by atoms with Gasteiger partial charge < -0.3 is 25.0 Å². The summed E-state index contributed by atoms with van der Waals surface area (Å²) in [6, 6.07) is 20.2. The van der Waals surface area contributed by atoms with Crippen molar-refractivity contribution in [1.82, 2.24) is 10.2 Å². The molecule has 8 nitrogen and oxygen atoms in total. The Balaban J connectivity index is 2.14. The van der Waals surface area contributed by atoms with Gasteiger partial charge in [-0.15, -0.1) is 0 Å². The maximum atomic E-state index is 14.9. The molecule has 2 N–H and O–H groups in total. The fourth-order valence-electron chi connectivity index (χ4n) is 5.25. The smallest absolute Gasteiger partial charge is 0.408 e. The van der Waals surface area contributed by atoms with Crippen molar-refractivity contribution in [2.45, 2.75) is 98.4 Å². The molecule has 0 bridgehead atoms. The van der Waals surface area contributed by atoms with Gasteiger partial charge in [0.05, 0.1) is 7.11 Å². The first-order valence-electron chi connectivity index (χ1n) is 16.1. The molecule has 3 amide bonds. The number of methoxy groups -OCH3 is 1. The van der Waals surface area contributed by atoms with Crippen molar-refractivity contribution in [3.8, 4) is 5.75 Å². The number of aryl methyl sites for hydroxylation is 2. The van der Waals surface area contributed by atoms with Crippen molar-refractivity contribution in [2.24, 2.45) is 5.92 Å². The number of nitrogens with one attached hydrogen (secondary N) is 2. The Kier molecular flexibility index (Phi) is 12.8. The Hall–Kier alpha value is -4.33. The topological polar surface area (TPSA) is 97.0 Å². The molecule has 0 radical (unpaired) electrons. The summed E-state index contributed by atoms with van der Waals surface area (Å²) in [6.45, 7) is 15.6. The van der Waals surface area contributed by atoms with Gasteiger partial charge in [0.25, 0.3) is 5.91 Å². The molecule has 0 aromatic heterocycles. The first kappa shape index (κ1) is 36.1. The number of anilines is 1. The third kappa shape index (κ3) is 10.6. The number of hydrogen-bond donors (Lipinski definition) is 2. The van der Waals surface area contributed by atoms with E-state index in [1.807, 2.05) is 69.3 Å². The summed E-state index contributed by atoms with van der Waals surface area (Å²) in [5.74, 6) is 0.348. The summed E-state index contributed by atoms with van der Waals surface area (Å²) in [5.41, 5.74) is 3.47. The maximum absolute atomic E-state index is 14.9. The minimum absolute atomic E-state index is 0.228. The van der Waals surface area contributed by atoms with E-state index in [9.17, 15) is 14.4 Å². The van der Waals surface area contributed by atoms with Crippen molar-refractivity contribution >= 4 is 23.6 Å². The molecule has 46 heavy (non-hydrogen) atoms. The second-order valence-corrected chi connectivity index (χ2v) is 13.4. The second kappa shape index (κ2) is 16.3. The van der Waals surface area contributed by atoms with Gasteiger partial charge in [-0.05, 0) is 107 Å². The number of benzene rings is 3. The van der Waals surface area contributed by atoms with Gasteiger partial charge >= 0.3 is 6.09 Å². The van der Waals surface area contributed by atoms with E-state index in [-0.39, 0.29) is 24.3 Å². The van der Waals surface area contributed by atoms with Crippen LogP contribution in [-0.4, -0.2) is 47.6 Å². The number of hydrogen-bond acceptors (Lipinski definition) is 5. The lowest BCUT2D eigenvalue weighted by atomic mass is 9.94. The van der Waals surface area contributed by atoms with E-state index in [2.05, 4.69) is 24.5 Å². The summed E-state index contributed by atoms with van der Waals surface area (Å²) in [5, 5.41) is 5.89. The van der Waals surface area contributed by atoms with Crippen molar-refractivity contribution in [3.05, 3.63) is 95.1 Å². The van der Waals surface area contributed by atoms with Crippen molar-refractivity contribution < 1.29 is 23.9 Å². The number of carbonyl (C=O) groups excluding carboxylic acids is 3. The molecule has 0 aliphatic carbocycles. The maximum Gasteiger partial charge on any atom is 0.408 e. The first-order valence-corrected chi connectivity index (χ1v) is 16.1. The molecule has 3 rings (SSSR count). The molecule has 0 spiro atoms. The number of nitrogens with zero attached hydrogens (tertiary/aromatic N) is 1. The summed E-state index contributed by atoms with van der Waals surface area (Å²) < 4.78 is 10.9. The Bertz CT molecular complexity index is 1450. The third-order valence-corrected chi connectivity index (χ3v) is 7.89. The van der Waals surface area contributed by atoms with Crippen LogP contribution in [0.15, 0.2) is 72.8 Å². The molecule has 0 saturated heterocycles. The molecular weight excluding hydrogens is 578 g/mol. The highest BCUT2D eigenvalue weighted by Crippen LogP contribution is 2.30. The molecule has 0 heterocycles. The standard InChI is InChI=1S/C38H51N3O5/c1-25(2)15-17-28(5)41(36(43)33(24-29-13-11-10-12-14-29)40-37(44)46-38(6,7)8)34(30-18-16-26(3)27(4)23-30)35(42)39-31-19-21-32(45-9)22-20-31/h10-14,16,18-23,25,28,33-34H,15,17,24H2,1-9H3,(H,39,42)(H,40,44). The zero-order chi connectivity index (χ0) is 34.0. The molecule has 0 aliphatic rings. The number of alkyl carbamates (subject to hydrolysis) is 1. The molecule has 0 fully saturated rings. The molecule has 3 atom stereocenters. The van der Waals surface area contributed by atoms with Crippen LogP contribution in [0.4, 0.5) is 10.5 Å². The highest BCUT2D eigenvalue weighted by Gasteiger charge is 2.39. The number of carbonyl (C=O) groups is 3. The fraction of sp³-hybridized carbons (Fsp3) is 0.447. The number of amides is 3.